The molecule has 0 bridgehead atoms. The molecule has 0 aliphatic rings. The van der Waals surface area contributed by atoms with E-state index in [0.717, 1.165) is 12.8 Å². The molecular weight excluding hydrogens is 266 g/mol. The molecule has 0 spiro atoms. The fourth-order valence-electron chi connectivity index (χ4n) is 2.02. The molecule has 1 amide bonds. The van der Waals surface area contributed by atoms with Crippen molar-refractivity contribution in [2.75, 3.05) is 11.9 Å². The number of hydrogen-bond donors (Lipinski definition) is 1. The molecule has 0 radical (unpaired) electrons. The van der Waals surface area contributed by atoms with Crippen LogP contribution in [0.2, 0.25) is 0 Å². The second kappa shape index (κ2) is 9.97. The van der Waals surface area contributed by atoms with Gasteiger partial charge in [0.25, 0.3) is 0 Å². The lowest BCUT2D eigenvalue weighted by molar-refractivity contribution is -0.114. The number of nitrogens with one attached hydrogen (secondary N) is 1. The first-order chi connectivity index (χ1) is 10.1. The largest absolute Gasteiger partial charge is 0.462 e. The monoisotopic (exact) mass is 291 g/mol. The smallest absolute Gasteiger partial charge is 0.338 e. The zero-order valence-electron chi connectivity index (χ0n) is 13.0. The van der Waals surface area contributed by atoms with Gasteiger partial charge in [0, 0.05) is 12.6 Å². The van der Waals surface area contributed by atoms with Gasteiger partial charge in [-0.25, -0.2) is 4.79 Å². The summed E-state index contributed by atoms with van der Waals surface area (Å²) in [6.07, 6.45) is 7.00. The minimum absolute atomic E-state index is 0.131. The number of carbonyl (C=O) groups excluding carboxylic acids is 2. The summed E-state index contributed by atoms with van der Waals surface area (Å²) in [5.74, 6) is -0.439. The lowest BCUT2D eigenvalue weighted by atomic mass is 10.1. The first-order valence-corrected chi connectivity index (χ1v) is 7.68. The Hall–Kier alpha value is -1.84. The lowest BCUT2D eigenvalue weighted by Crippen LogP contribution is -2.08. The molecular formula is C17H25NO3. The summed E-state index contributed by atoms with van der Waals surface area (Å²) >= 11 is 0. The zero-order chi connectivity index (χ0) is 15.5. The average Bonchev–Trinajstić information content (AvgIpc) is 2.46. The van der Waals surface area contributed by atoms with Crippen molar-refractivity contribution in [3.8, 4) is 0 Å². The standard InChI is InChI=1S/C17H25NO3/c1-3-4-5-6-7-8-13-21-17(20)15-9-11-16(12-10-15)18-14(2)19/h9-12H,3-8,13H2,1-2H3,(H,18,19). The molecule has 21 heavy (non-hydrogen) atoms. The van der Waals surface area contributed by atoms with Crippen LogP contribution in [0.15, 0.2) is 24.3 Å². The number of benzene rings is 1. The van der Waals surface area contributed by atoms with Gasteiger partial charge >= 0.3 is 5.97 Å². The summed E-state index contributed by atoms with van der Waals surface area (Å²) < 4.78 is 5.23. The first kappa shape index (κ1) is 17.2. The van der Waals surface area contributed by atoms with Crippen molar-refractivity contribution in [1.82, 2.24) is 0 Å². The average molecular weight is 291 g/mol. The summed E-state index contributed by atoms with van der Waals surface area (Å²) in [5, 5.41) is 2.66. The first-order valence-electron chi connectivity index (χ1n) is 7.68. The quantitative estimate of drug-likeness (QED) is 0.549. The third-order valence-electron chi connectivity index (χ3n) is 3.17. The Kier molecular flexibility index (Phi) is 8.17. The van der Waals surface area contributed by atoms with Crippen molar-refractivity contribution in [2.45, 2.75) is 52.4 Å². The third kappa shape index (κ3) is 7.49. The molecule has 0 aromatic heterocycles. The molecule has 1 aromatic carbocycles. The minimum Gasteiger partial charge on any atom is -0.462 e. The predicted molar refractivity (Wildman–Crippen MR) is 84.4 cm³/mol. The second-order valence-electron chi connectivity index (χ2n) is 5.16. The number of hydrogen-bond acceptors (Lipinski definition) is 3. The van der Waals surface area contributed by atoms with Gasteiger partial charge < -0.3 is 10.1 Å². The predicted octanol–water partition coefficient (Wildman–Crippen LogP) is 4.16. The number of amides is 1. The van der Waals surface area contributed by atoms with Gasteiger partial charge in [0.15, 0.2) is 0 Å². The van der Waals surface area contributed by atoms with Crippen LogP contribution in [0.4, 0.5) is 5.69 Å². The number of anilines is 1. The highest BCUT2D eigenvalue weighted by Gasteiger charge is 2.06. The summed E-state index contributed by atoms with van der Waals surface area (Å²) in [5.41, 5.74) is 1.19. The van der Waals surface area contributed by atoms with Crippen molar-refractivity contribution >= 4 is 17.6 Å². The van der Waals surface area contributed by atoms with Gasteiger partial charge in [-0.15, -0.1) is 0 Å². The summed E-state index contributed by atoms with van der Waals surface area (Å²) in [4.78, 5) is 22.7. The fraction of sp³-hybridized carbons (Fsp3) is 0.529. The van der Waals surface area contributed by atoms with Crippen LogP contribution in [0.5, 0.6) is 0 Å². The molecule has 4 heteroatoms. The van der Waals surface area contributed by atoms with E-state index in [1.54, 1.807) is 24.3 Å². The Bertz CT molecular complexity index is 440. The number of rotatable bonds is 9. The Morgan fingerprint density at radius 3 is 2.24 bits per heavy atom. The van der Waals surface area contributed by atoms with E-state index >= 15 is 0 Å². The van der Waals surface area contributed by atoms with Crippen LogP contribution in [0.3, 0.4) is 0 Å². The van der Waals surface area contributed by atoms with Gasteiger partial charge in [-0.3, -0.25) is 4.79 Å². The van der Waals surface area contributed by atoms with E-state index in [1.807, 2.05) is 0 Å². The summed E-state index contributed by atoms with van der Waals surface area (Å²) in [7, 11) is 0. The number of esters is 1. The Balaban J connectivity index is 2.24. The maximum atomic E-state index is 11.8. The number of unbranched alkanes of at least 4 members (excludes halogenated alkanes) is 5. The van der Waals surface area contributed by atoms with Crippen molar-refractivity contribution < 1.29 is 14.3 Å². The SMILES string of the molecule is CCCCCCCCOC(=O)c1ccc(NC(C)=O)cc1. The Morgan fingerprint density at radius 1 is 1.00 bits per heavy atom. The lowest BCUT2D eigenvalue weighted by Gasteiger charge is -2.06. The molecule has 0 aliphatic carbocycles. The molecule has 116 valence electrons. The van der Waals surface area contributed by atoms with Gasteiger partial charge in [-0.2, -0.15) is 0 Å². The molecule has 4 nitrogen and oxygen atoms in total. The highest BCUT2D eigenvalue weighted by atomic mass is 16.5. The minimum atomic E-state index is -0.307. The molecule has 0 saturated heterocycles. The van der Waals surface area contributed by atoms with Crippen molar-refractivity contribution in [3.63, 3.8) is 0 Å². The molecule has 1 rings (SSSR count). The van der Waals surface area contributed by atoms with E-state index in [9.17, 15) is 9.59 Å². The van der Waals surface area contributed by atoms with Gasteiger partial charge in [0.05, 0.1) is 12.2 Å². The van der Waals surface area contributed by atoms with Crippen LogP contribution < -0.4 is 5.32 Å². The number of carbonyl (C=O) groups is 2. The Morgan fingerprint density at radius 2 is 1.62 bits per heavy atom. The summed E-state index contributed by atoms with van der Waals surface area (Å²) in [6.45, 7) is 4.11. The van der Waals surface area contributed by atoms with Gasteiger partial charge in [-0.05, 0) is 30.7 Å². The molecule has 0 aliphatic heterocycles. The van der Waals surface area contributed by atoms with E-state index in [0.29, 0.717) is 17.9 Å². The molecule has 0 atom stereocenters. The molecule has 1 aromatic rings. The highest BCUT2D eigenvalue weighted by Crippen LogP contribution is 2.11. The highest BCUT2D eigenvalue weighted by molar-refractivity contribution is 5.92. The summed E-state index contributed by atoms with van der Waals surface area (Å²) in [6, 6.07) is 6.72. The maximum Gasteiger partial charge on any atom is 0.338 e. The van der Waals surface area contributed by atoms with Crippen LogP contribution in [0.1, 0.15) is 62.7 Å². The normalized spacial score (nSPS) is 10.2. The molecule has 0 heterocycles. The third-order valence-corrected chi connectivity index (χ3v) is 3.17. The number of ether oxygens (including phenoxy) is 1. The molecule has 0 unspecified atom stereocenters. The maximum absolute atomic E-state index is 11.8. The second-order valence-corrected chi connectivity index (χ2v) is 5.16. The zero-order valence-corrected chi connectivity index (χ0v) is 13.0. The van der Waals surface area contributed by atoms with E-state index in [1.165, 1.54) is 32.6 Å². The van der Waals surface area contributed by atoms with Crippen LogP contribution >= 0.6 is 0 Å². The molecule has 1 N–H and O–H groups in total. The molecule has 0 fully saturated rings. The van der Waals surface area contributed by atoms with Crippen LogP contribution in [0.25, 0.3) is 0 Å². The van der Waals surface area contributed by atoms with E-state index in [4.69, 9.17) is 4.74 Å². The van der Waals surface area contributed by atoms with Crippen LogP contribution in [0, 0.1) is 0 Å². The Labute approximate surface area is 126 Å². The van der Waals surface area contributed by atoms with Gasteiger partial charge in [-0.1, -0.05) is 39.0 Å². The van der Waals surface area contributed by atoms with Crippen LogP contribution in [-0.2, 0) is 9.53 Å². The van der Waals surface area contributed by atoms with Crippen molar-refractivity contribution in [3.05, 3.63) is 29.8 Å². The van der Waals surface area contributed by atoms with Gasteiger partial charge in [0.2, 0.25) is 5.91 Å². The van der Waals surface area contributed by atoms with Crippen molar-refractivity contribution in [1.29, 1.82) is 0 Å². The topological polar surface area (TPSA) is 55.4 Å². The van der Waals surface area contributed by atoms with Crippen LogP contribution in [-0.4, -0.2) is 18.5 Å². The van der Waals surface area contributed by atoms with E-state index in [-0.39, 0.29) is 11.9 Å². The van der Waals surface area contributed by atoms with Gasteiger partial charge in [0.1, 0.15) is 0 Å². The van der Waals surface area contributed by atoms with E-state index < -0.39 is 0 Å². The van der Waals surface area contributed by atoms with E-state index in [2.05, 4.69) is 12.2 Å². The molecule has 0 saturated carbocycles. The fourth-order valence-corrected chi connectivity index (χ4v) is 2.02. The van der Waals surface area contributed by atoms with Crippen molar-refractivity contribution in [2.24, 2.45) is 0 Å².